The van der Waals surface area contributed by atoms with Crippen LogP contribution in [0.25, 0.3) is 11.2 Å². The number of ether oxygens (including phenoxy) is 3. The van der Waals surface area contributed by atoms with Gasteiger partial charge in [-0.15, -0.1) is 0 Å². The quantitative estimate of drug-likeness (QED) is 0.410. The number of aliphatic hydroxyl groups is 1. The molecule has 2 fully saturated rings. The van der Waals surface area contributed by atoms with Crippen LogP contribution in [0.3, 0.4) is 0 Å². The van der Waals surface area contributed by atoms with E-state index in [1.54, 1.807) is 20.8 Å². The highest BCUT2D eigenvalue weighted by Crippen LogP contribution is 2.59. The molecule has 2 aromatic rings. The molecule has 2 aliphatic rings. The number of hydrogen-bond donors (Lipinski definition) is 2. The van der Waals surface area contributed by atoms with Crippen molar-refractivity contribution in [3.63, 3.8) is 0 Å². The molecule has 4 heterocycles. The fraction of sp³-hybridized carbons (Fsp3) is 0.684. The fourth-order valence-electron chi connectivity index (χ4n) is 3.81. The van der Waals surface area contributed by atoms with Gasteiger partial charge in [0.2, 0.25) is 11.8 Å². The Morgan fingerprint density at radius 1 is 1.41 bits per heavy atom. The second-order valence-corrected chi connectivity index (χ2v) is 9.97. The molecule has 0 amide bonds. The van der Waals surface area contributed by atoms with E-state index in [0.29, 0.717) is 12.1 Å². The molecule has 0 bridgehead atoms. The third-order valence-corrected chi connectivity index (χ3v) is 6.79. The Hall–Kier alpha value is -2.35. The molecule has 2 aromatic heterocycles. The van der Waals surface area contributed by atoms with Gasteiger partial charge in [0, 0.05) is 0 Å². The van der Waals surface area contributed by atoms with E-state index < -0.39 is 43.9 Å². The Balaban J connectivity index is 1.58. The highest BCUT2D eigenvalue weighted by molar-refractivity contribution is 7.48. The monoisotopic (exact) mass is 501 g/mol. The molecule has 0 radical (unpaired) electrons. The van der Waals surface area contributed by atoms with E-state index in [1.165, 1.54) is 24.7 Å². The largest absolute Gasteiger partial charge is 0.476 e. The van der Waals surface area contributed by atoms with Gasteiger partial charge in [0.15, 0.2) is 23.5 Å². The number of nitrogens with two attached hydrogens (primary N) is 1. The van der Waals surface area contributed by atoms with Crippen LogP contribution in [0.2, 0.25) is 0 Å². The molecule has 1 unspecified atom stereocenters. The molecule has 6 atom stereocenters. The minimum Gasteiger partial charge on any atom is -0.476 e. The zero-order valence-corrected chi connectivity index (χ0v) is 20.3. The summed E-state index contributed by atoms with van der Waals surface area (Å²) in [4.78, 5) is 24.6. The lowest BCUT2D eigenvalue weighted by atomic mass is 9.96. The Morgan fingerprint density at radius 3 is 2.82 bits per heavy atom. The lowest BCUT2D eigenvalue weighted by molar-refractivity contribution is -0.157. The highest BCUT2D eigenvalue weighted by Gasteiger charge is 2.60. The molecule has 15 heteroatoms. The Morgan fingerprint density at radius 2 is 2.15 bits per heavy atom. The predicted molar refractivity (Wildman–Crippen MR) is 116 cm³/mol. The number of hydrogen-bond acceptors (Lipinski definition) is 13. The Bertz CT molecular complexity index is 1120. The maximum atomic E-state index is 13.1. The second-order valence-electron chi connectivity index (χ2n) is 8.40. The number of carbonyl (C=O) groups is 1. The molecule has 188 valence electrons. The summed E-state index contributed by atoms with van der Waals surface area (Å²) in [7, 11) is -4.22. The summed E-state index contributed by atoms with van der Waals surface area (Å²) in [5, 5.41) is 11.4. The molecular weight excluding hydrogens is 473 g/mol. The van der Waals surface area contributed by atoms with Crippen LogP contribution < -0.4 is 10.5 Å². The zero-order chi connectivity index (χ0) is 24.8. The van der Waals surface area contributed by atoms with Gasteiger partial charge in [0.1, 0.15) is 17.8 Å². The minimum atomic E-state index is -4.22. The van der Waals surface area contributed by atoms with Crippen LogP contribution in [-0.2, 0) is 32.4 Å². The van der Waals surface area contributed by atoms with Crippen LogP contribution in [-0.4, -0.2) is 73.8 Å². The molecule has 34 heavy (non-hydrogen) atoms. The zero-order valence-electron chi connectivity index (χ0n) is 19.4. The lowest BCUT2D eigenvalue weighted by Crippen LogP contribution is -2.48. The molecule has 2 saturated heterocycles. The maximum absolute atomic E-state index is 13.1. The second kappa shape index (κ2) is 9.02. The first-order chi connectivity index (χ1) is 15.9. The lowest BCUT2D eigenvalue weighted by Gasteiger charge is -2.35. The third kappa shape index (κ3) is 4.49. The molecule has 3 N–H and O–H groups in total. The van der Waals surface area contributed by atoms with Gasteiger partial charge in [-0.2, -0.15) is 9.97 Å². The number of anilines is 1. The normalized spacial score (nSPS) is 32.0. The number of rotatable bonds is 7. The number of aromatic nitrogens is 4. The molecule has 0 spiro atoms. The molecule has 14 nitrogen and oxygen atoms in total. The van der Waals surface area contributed by atoms with Crippen molar-refractivity contribution in [2.45, 2.75) is 70.9 Å². The van der Waals surface area contributed by atoms with E-state index in [9.17, 15) is 14.5 Å². The van der Waals surface area contributed by atoms with Gasteiger partial charge in [0.25, 0.3) is 0 Å². The van der Waals surface area contributed by atoms with Crippen LogP contribution in [0.15, 0.2) is 6.33 Å². The number of esters is 1. The van der Waals surface area contributed by atoms with Crippen molar-refractivity contribution >= 4 is 30.9 Å². The summed E-state index contributed by atoms with van der Waals surface area (Å²) in [6.45, 7) is 8.08. The molecule has 0 saturated carbocycles. The number of phosphoric acid groups is 1. The average Bonchev–Trinajstić information content (AvgIpc) is 3.25. The van der Waals surface area contributed by atoms with Gasteiger partial charge < -0.3 is 25.1 Å². The van der Waals surface area contributed by atoms with E-state index in [-0.39, 0.29) is 30.2 Å². The molecule has 0 aromatic carbocycles. The number of fused-ring (bicyclic) bond motifs is 2. The highest BCUT2D eigenvalue weighted by atomic mass is 31.2. The summed E-state index contributed by atoms with van der Waals surface area (Å²) < 4.78 is 47.3. The van der Waals surface area contributed by atoms with Gasteiger partial charge in [-0.1, -0.05) is 0 Å². The van der Waals surface area contributed by atoms with Gasteiger partial charge in [-0.3, -0.25) is 18.1 Å². The van der Waals surface area contributed by atoms with Crippen molar-refractivity contribution in [3.8, 4) is 5.88 Å². The fourth-order valence-corrected chi connectivity index (χ4v) is 5.41. The first-order valence-corrected chi connectivity index (χ1v) is 12.2. The average molecular weight is 501 g/mol. The van der Waals surface area contributed by atoms with Crippen LogP contribution in [0.5, 0.6) is 5.88 Å². The smallest absolute Gasteiger partial charge is 0.476 e. The van der Waals surface area contributed by atoms with Crippen molar-refractivity contribution in [2.24, 2.45) is 0 Å². The molecule has 0 aliphatic carbocycles. The van der Waals surface area contributed by atoms with Gasteiger partial charge >= 0.3 is 13.8 Å². The first kappa shape index (κ1) is 24.8. The summed E-state index contributed by atoms with van der Waals surface area (Å²) in [5.74, 6) is -0.579. The van der Waals surface area contributed by atoms with E-state index >= 15 is 0 Å². The third-order valence-electron chi connectivity index (χ3n) is 5.27. The first-order valence-electron chi connectivity index (χ1n) is 10.8. The summed E-state index contributed by atoms with van der Waals surface area (Å²) in [6.07, 6.45) is -3.18. The van der Waals surface area contributed by atoms with Gasteiger partial charge in [-0.25, -0.2) is 14.3 Å². The summed E-state index contributed by atoms with van der Waals surface area (Å²) in [5.41, 5.74) is 4.69. The van der Waals surface area contributed by atoms with Crippen LogP contribution in [0, 0.1) is 0 Å². The van der Waals surface area contributed by atoms with Crippen LogP contribution >= 0.6 is 7.82 Å². The van der Waals surface area contributed by atoms with E-state index in [4.69, 9.17) is 33.5 Å². The van der Waals surface area contributed by atoms with E-state index in [0.717, 1.165) is 0 Å². The topological polar surface area (TPSA) is 179 Å². The summed E-state index contributed by atoms with van der Waals surface area (Å²) >= 11 is 0. The number of nitrogens with zero attached hydrogens (tertiary/aromatic N) is 4. The van der Waals surface area contributed by atoms with Crippen molar-refractivity contribution in [3.05, 3.63) is 6.33 Å². The Labute approximate surface area is 195 Å². The maximum Gasteiger partial charge on any atom is 0.476 e. The SMILES string of the molecule is CCOc1nc(N)nc2c1ncn2[C@@H]1O[C@@H]2CO[P@](=O)(OC(C)C(=O)OC(C)C)O[C@H]2[C@@]1(C)O. The molecular formula is C19H28N5O9P. The number of carbonyl (C=O) groups excluding carboxylic acids is 1. The predicted octanol–water partition coefficient (Wildman–Crippen LogP) is 1.34. The van der Waals surface area contributed by atoms with Crippen molar-refractivity contribution in [1.82, 2.24) is 19.5 Å². The molecule has 2 aliphatic heterocycles. The van der Waals surface area contributed by atoms with Crippen molar-refractivity contribution < 1.29 is 42.2 Å². The molecule has 4 rings (SSSR count). The van der Waals surface area contributed by atoms with Gasteiger partial charge in [-0.05, 0) is 34.6 Å². The standard InChI is InChI=1S/C19H28N5O9P/c1-6-28-15-12-14(22-18(20)23-15)24(8-21-12)17-19(5,26)13-11(31-17)7-29-34(27,33-13)32-10(4)16(25)30-9(2)3/h8-11,13,17,26H,6-7H2,1-5H3,(H2,20,22,23)/t10?,11-,13-,17-,19-,34-/m1/s1. The Kier molecular flexibility index (Phi) is 6.57. The van der Waals surface area contributed by atoms with Crippen molar-refractivity contribution in [2.75, 3.05) is 18.9 Å². The van der Waals surface area contributed by atoms with E-state index in [1.807, 2.05) is 0 Å². The van der Waals surface area contributed by atoms with Crippen LogP contribution in [0.1, 0.15) is 40.8 Å². The number of nitrogen functional groups attached to an aromatic ring is 1. The summed E-state index contributed by atoms with van der Waals surface area (Å²) in [6, 6.07) is 0. The van der Waals surface area contributed by atoms with Gasteiger partial charge in [0.05, 0.1) is 25.6 Å². The number of phosphoric ester groups is 1. The van der Waals surface area contributed by atoms with Crippen LogP contribution in [0.4, 0.5) is 5.95 Å². The number of imidazole rings is 1. The van der Waals surface area contributed by atoms with Crippen molar-refractivity contribution in [1.29, 1.82) is 0 Å². The van der Waals surface area contributed by atoms with E-state index in [2.05, 4.69) is 15.0 Å². The minimum absolute atomic E-state index is 0.0486.